The first kappa shape index (κ1) is 32.5. The smallest absolute Gasteiger partial charge is 0.0428 e. The zero-order valence-corrected chi connectivity index (χ0v) is 9.43. The SMILES string of the molecule is CCCO.Cl.Cl.[Ti].[Ti]. The first-order valence-corrected chi connectivity index (χ1v) is 1.52. The summed E-state index contributed by atoms with van der Waals surface area (Å²) in [4.78, 5) is 0. The fourth-order valence-corrected chi connectivity index (χ4v) is 0. The number of hydrogen-bond acceptors (Lipinski definition) is 1. The van der Waals surface area contributed by atoms with Gasteiger partial charge in [0.2, 0.25) is 0 Å². The van der Waals surface area contributed by atoms with Gasteiger partial charge in [-0.1, -0.05) is 6.92 Å². The maximum absolute atomic E-state index is 7.88. The van der Waals surface area contributed by atoms with E-state index in [2.05, 4.69) is 0 Å². The molecule has 0 aromatic heterocycles. The molecule has 0 bridgehead atoms. The summed E-state index contributed by atoms with van der Waals surface area (Å²) in [6.45, 7) is 2.25. The summed E-state index contributed by atoms with van der Waals surface area (Å²) in [5.41, 5.74) is 0. The molecule has 0 amide bonds. The zero-order valence-electron chi connectivity index (χ0n) is 4.68. The predicted octanol–water partition coefficient (Wildman–Crippen LogP) is 1.23. The second-order valence-electron chi connectivity index (χ2n) is 0.724. The Hall–Kier alpha value is 1.97. The van der Waals surface area contributed by atoms with Gasteiger partial charge in [0.25, 0.3) is 0 Å². The summed E-state index contributed by atoms with van der Waals surface area (Å²) in [5, 5.41) is 7.88. The molecule has 0 spiro atoms. The minimum Gasteiger partial charge on any atom is -0.396 e. The molecule has 0 radical (unpaired) electrons. The minimum absolute atomic E-state index is 0. The molecule has 1 N–H and O–H groups in total. The standard InChI is InChI=1S/C3H8O.2ClH.2Ti/c1-2-3-4;;;;/h4H,2-3H2,1H3;2*1H;;. The van der Waals surface area contributed by atoms with Gasteiger partial charge in [0.1, 0.15) is 0 Å². The molecule has 0 aromatic rings. The van der Waals surface area contributed by atoms with E-state index in [0.717, 1.165) is 6.42 Å². The van der Waals surface area contributed by atoms with E-state index in [-0.39, 0.29) is 68.2 Å². The van der Waals surface area contributed by atoms with Gasteiger partial charge >= 0.3 is 0 Å². The van der Waals surface area contributed by atoms with Crippen molar-refractivity contribution in [2.24, 2.45) is 0 Å². The van der Waals surface area contributed by atoms with Crippen LogP contribution in [0.3, 0.4) is 0 Å². The van der Waals surface area contributed by atoms with Crippen molar-refractivity contribution in [1.82, 2.24) is 0 Å². The molecule has 0 atom stereocenters. The Labute approximate surface area is 92.6 Å². The fourth-order valence-electron chi connectivity index (χ4n) is 0. The normalized spacial score (nSPS) is 3.75. The van der Waals surface area contributed by atoms with Crippen LogP contribution < -0.4 is 0 Å². The van der Waals surface area contributed by atoms with E-state index in [9.17, 15) is 0 Å². The van der Waals surface area contributed by atoms with E-state index >= 15 is 0 Å². The topological polar surface area (TPSA) is 20.2 Å². The summed E-state index contributed by atoms with van der Waals surface area (Å²) in [7, 11) is 0. The third kappa shape index (κ3) is 43.9. The molecule has 8 heavy (non-hydrogen) atoms. The Morgan fingerprint density at radius 3 is 1.25 bits per heavy atom. The van der Waals surface area contributed by atoms with Crippen LogP contribution in [0.25, 0.3) is 0 Å². The molecule has 0 aliphatic carbocycles. The number of hydrogen-bond donors (Lipinski definition) is 1. The van der Waals surface area contributed by atoms with Crippen molar-refractivity contribution in [3.05, 3.63) is 0 Å². The van der Waals surface area contributed by atoms with Gasteiger partial charge in [-0.3, -0.25) is 0 Å². The van der Waals surface area contributed by atoms with E-state index in [1.54, 1.807) is 0 Å². The monoisotopic (exact) mass is 228 g/mol. The molecule has 5 heteroatoms. The van der Waals surface area contributed by atoms with Crippen LogP contribution in [0.5, 0.6) is 0 Å². The number of aliphatic hydroxyl groups excluding tert-OH is 1. The average Bonchev–Trinajstić information content (AvgIpc) is 1.37. The van der Waals surface area contributed by atoms with Crippen LogP contribution >= 0.6 is 24.8 Å². The van der Waals surface area contributed by atoms with Gasteiger partial charge < -0.3 is 5.11 Å². The van der Waals surface area contributed by atoms with Crippen molar-refractivity contribution in [2.75, 3.05) is 6.61 Å². The van der Waals surface area contributed by atoms with E-state index in [1.807, 2.05) is 6.92 Å². The second kappa shape index (κ2) is 36.2. The molecule has 0 aromatic carbocycles. The van der Waals surface area contributed by atoms with Crippen molar-refractivity contribution in [1.29, 1.82) is 0 Å². The van der Waals surface area contributed by atoms with Crippen LogP contribution in [0.15, 0.2) is 0 Å². The molecular formula is C3H10Cl2OTi2. The van der Waals surface area contributed by atoms with E-state index in [4.69, 9.17) is 5.11 Å². The van der Waals surface area contributed by atoms with Crippen molar-refractivity contribution in [3.8, 4) is 0 Å². The Morgan fingerprint density at radius 1 is 1.12 bits per heavy atom. The molecule has 0 saturated carbocycles. The number of rotatable bonds is 1. The molecule has 0 saturated heterocycles. The van der Waals surface area contributed by atoms with Gasteiger partial charge in [0.15, 0.2) is 0 Å². The van der Waals surface area contributed by atoms with E-state index in [1.165, 1.54) is 0 Å². The maximum Gasteiger partial charge on any atom is 0.0428 e. The maximum atomic E-state index is 7.88. The molecule has 1 nitrogen and oxygen atoms in total. The van der Waals surface area contributed by atoms with Crippen molar-refractivity contribution in [2.45, 2.75) is 13.3 Å². The molecule has 0 unspecified atom stereocenters. The first-order chi connectivity index (χ1) is 1.91. The zero-order chi connectivity index (χ0) is 3.41. The van der Waals surface area contributed by atoms with Crippen LogP contribution in [0, 0.1) is 0 Å². The number of halogens is 2. The fraction of sp³-hybridized carbons (Fsp3) is 1.00. The van der Waals surface area contributed by atoms with Gasteiger partial charge in [-0.15, -0.1) is 24.8 Å². The summed E-state index contributed by atoms with van der Waals surface area (Å²) >= 11 is 0. The van der Waals surface area contributed by atoms with Crippen molar-refractivity contribution >= 4 is 24.8 Å². The molecule has 0 fully saturated rings. The average molecular weight is 229 g/mol. The van der Waals surface area contributed by atoms with Crippen LogP contribution in [0.2, 0.25) is 0 Å². The first-order valence-electron chi connectivity index (χ1n) is 1.52. The van der Waals surface area contributed by atoms with Crippen LogP contribution in [0.1, 0.15) is 13.3 Å². The van der Waals surface area contributed by atoms with E-state index < -0.39 is 0 Å². The third-order valence-corrected chi connectivity index (χ3v) is 0.224. The minimum atomic E-state index is 0. The Balaban J connectivity index is -0.00000000750. The molecule has 0 aliphatic rings. The molecular weight excluding hydrogens is 219 g/mol. The van der Waals surface area contributed by atoms with Crippen LogP contribution in [-0.2, 0) is 43.4 Å². The van der Waals surface area contributed by atoms with Gasteiger partial charge in [0.05, 0.1) is 0 Å². The summed E-state index contributed by atoms with van der Waals surface area (Å²) in [6, 6.07) is 0. The Kier molecular flexibility index (Phi) is 147. The molecule has 0 heterocycles. The van der Waals surface area contributed by atoms with Crippen molar-refractivity contribution < 1.29 is 48.5 Å². The van der Waals surface area contributed by atoms with Crippen LogP contribution in [-0.4, -0.2) is 11.7 Å². The largest absolute Gasteiger partial charge is 0.396 e. The summed E-state index contributed by atoms with van der Waals surface area (Å²) < 4.78 is 0. The Morgan fingerprint density at radius 2 is 1.25 bits per heavy atom. The summed E-state index contributed by atoms with van der Waals surface area (Å²) in [6.07, 6.45) is 0.875. The van der Waals surface area contributed by atoms with Crippen molar-refractivity contribution in [3.63, 3.8) is 0 Å². The quantitative estimate of drug-likeness (QED) is 0.670. The molecule has 0 aliphatic heterocycles. The van der Waals surface area contributed by atoms with Gasteiger partial charge in [0, 0.05) is 50.0 Å². The van der Waals surface area contributed by atoms with E-state index in [0.29, 0.717) is 6.61 Å². The van der Waals surface area contributed by atoms with Gasteiger partial charge in [-0.2, -0.15) is 0 Å². The summed E-state index contributed by atoms with van der Waals surface area (Å²) in [5.74, 6) is 0. The number of aliphatic hydroxyl groups is 1. The van der Waals surface area contributed by atoms with Gasteiger partial charge in [-0.05, 0) is 6.42 Å². The Bertz CT molecular complexity index is 17.2. The molecule has 0 rings (SSSR count). The predicted molar refractivity (Wildman–Crippen MR) is 31.9 cm³/mol. The van der Waals surface area contributed by atoms with Gasteiger partial charge in [-0.25, -0.2) is 0 Å². The third-order valence-electron chi connectivity index (χ3n) is 0.224. The molecule has 50 valence electrons. The second-order valence-corrected chi connectivity index (χ2v) is 0.724. The van der Waals surface area contributed by atoms with Crippen LogP contribution in [0.4, 0.5) is 0 Å².